The maximum atomic E-state index is 6.12. The van der Waals surface area contributed by atoms with Crippen molar-refractivity contribution in [3.8, 4) is 0 Å². The van der Waals surface area contributed by atoms with E-state index in [1.807, 2.05) is 6.92 Å². The van der Waals surface area contributed by atoms with Crippen LogP contribution in [0.3, 0.4) is 0 Å². The molecule has 1 aliphatic rings. The van der Waals surface area contributed by atoms with Gasteiger partial charge < -0.3 is 10.2 Å². The molecule has 2 aromatic rings. The Labute approximate surface area is 128 Å². The lowest BCUT2D eigenvalue weighted by Gasteiger charge is -2.35. The van der Waals surface area contributed by atoms with Crippen LogP contribution in [0.5, 0.6) is 0 Å². The zero-order chi connectivity index (χ0) is 14.9. The summed E-state index contributed by atoms with van der Waals surface area (Å²) in [7, 11) is 0. The molecule has 1 saturated carbocycles. The first kappa shape index (κ1) is 14.7. The fourth-order valence-corrected chi connectivity index (χ4v) is 4.07. The molecule has 3 N–H and O–H groups in total. The van der Waals surface area contributed by atoms with Crippen LogP contribution in [0.15, 0.2) is 6.07 Å². The molecule has 0 amide bonds. The Morgan fingerprint density at radius 3 is 2.76 bits per heavy atom. The first-order valence-corrected chi connectivity index (χ1v) is 8.39. The number of ether oxygens (including phenoxy) is 1. The van der Waals surface area contributed by atoms with Crippen molar-refractivity contribution in [3.05, 3.63) is 16.8 Å². The van der Waals surface area contributed by atoms with Crippen molar-refractivity contribution < 1.29 is 4.74 Å². The Kier molecular flexibility index (Phi) is 4.10. The minimum absolute atomic E-state index is 0.343. The molecule has 6 heteroatoms. The summed E-state index contributed by atoms with van der Waals surface area (Å²) >= 11 is 1.67. The summed E-state index contributed by atoms with van der Waals surface area (Å²) in [5, 5.41) is 0.992. The highest BCUT2D eigenvalue weighted by atomic mass is 32.1. The number of aromatic nitrogens is 2. The molecule has 21 heavy (non-hydrogen) atoms. The third-order valence-corrected chi connectivity index (χ3v) is 5.09. The van der Waals surface area contributed by atoms with Gasteiger partial charge in [-0.2, -0.15) is 0 Å². The van der Waals surface area contributed by atoms with Gasteiger partial charge in [0.2, 0.25) is 0 Å². The lowest BCUT2D eigenvalue weighted by Crippen LogP contribution is -2.34. The number of thiophene rings is 1. The predicted molar refractivity (Wildman–Crippen MR) is 86.4 cm³/mol. The molecule has 0 aliphatic heterocycles. The third kappa shape index (κ3) is 2.63. The quantitative estimate of drug-likeness (QED) is 0.668. The molecule has 1 aliphatic carbocycles. The molecule has 0 aromatic carbocycles. The molecule has 0 spiro atoms. The van der Waals surface area contributed by atoms with E-state index in [9.17, 15) is 0 Å². The number of nitrogen functional groups attached to an aromatic ring is 1. The highest BCUT2D eigenvalue weighted by Crippen LogP contribution is 2.40. The number of fused-ring (bicyclic) bond motifs is 1. The molecule has 0 unspecified atom stereocenters. The summed E-state index contributed by atoms with van der Waals surface area (Å²) in [5.41, 5.74) is 2.38. The predicted octanol–water partition coefficient (Wildman–Crippen LogP) is 3.48. The van der Waals surface area contributed by atoms with Gasteiger partial charge in [-0.1, -0.05) is 19.3 Å². The summed E-state index contributed by atoms with van der Waals surface area (Å²) in [6, 6.07) is 2.08. The van der Waals surface area contributed by atoms with Gasteiger partial charge in [0, 0.05) is 11.5 Å². The Bertz CT molecular complexity index is 628. The molecular weight excluding hydrogens is 284 g/mol. The molecule has 114 valence electrons. The van der Waals surface area contributed by atoms with E-state index in [1.165, 1.54) is 11.3 Å². The highest BCUT2D eigenvalue weighted by Gasteiger charge is 2.38. The minimum atomic E-state index is -0.343. The lowest BCUT2D eigenvalue weighted by atomic mass is 9.84. The maximum Gasteiger partial charge on any atom is 0.164 e. The topological polar surface area (TPSA) is 73.1 Å². The number of nitrogens with one attached hydrogen (secondary N) is 1. The zero-order valence-corrected chi connectivity index (χ0v) is 13.4. The van der Waals surface area contributed by atoms with Crippen molar-refractivity contribution in [2.75, 3.05) is 12.0 Å². The number of hydrogen-bond acceptors (Lipinski definition) is 6. The van der Waals surface area contributed by atoms with Crippen LogP contribution >= 0.6 is 11.3 Å². The molecule has 2 heterocycles. The van der Waals surface area contributed by atoms with Gasteiger partial charge in [0.25, 0.3) is 0 Å². The standard InChI is InChI=1S/C15H22N4OS/c1-3-20-15(7-5-4-6-8-15)14-17-12(19-16)11-9-10(2)21-13(11)18-14/h9H,3-8,16H2,1-2H3,(H,17,18,19). The van der Waals surface area contributed by atoms with Crippen molar-refractivity contribution in [1.29, 1.82) is 0 Å². The van der Waals surface area contributed by atoms with Crippen LogP contribution < -0.4 is 11.3 Å². The number of anilines is 1. The number of aryl methyl sites for hydroxylation is 1. The van der Waals surface area contributed by atoms with Crippen molar-refractivity contribution in [2.45, 2.75) is 51.6 Å². The summed E-state index contributed by atoms with van der Waals surface area (Å²) in [6.07, 6.45) is 5.56. The van der Waals surface area contributed by atoms with E-state index in [4.69, 9.17) is 15.6 Å². The van der Waals surface area contributed by atoms with Crippen LogP contribution in [0.1, 0.15) is 49.7 Å². The SMILES string of the molecule is CCOC1(c2nc(NN)c3cc(C)sc3n2)CCCCC1. The van der Waals surface area contributed by atoms with E-state index in [2.05, 4.69) is 23.4 Å². The average molecular weight is 306 g/mol. The van der Waals surface area contributed by atoms with E-state index in [0.717, 1.165) is 41.7 Å². The van der Waals surface area contributed by atoms with Crippen LogP contribution in [0, 0.1) is 6.92 Å². The molecule has 0 radical (unpaired) electrons. The normalized spacial score (nSPS) is 18.0. The number of nitrogens with two attached hydrogens (primary N) is 1. The molecule has 5 nitrogen and oxygen atoms in total. The number of hydrazine groups is 1. The molecular formula is C15H22N4OS. The van der Waals surface area contributed by atoms with Gasteiger partial charge in [0.15, 0.2) is 11.6 Å². The molecule has 0 bridgehead atoms. The van der Waals surface area contributed by atoms with Crippen molar-refractivity contribution in [3.63, 3.8) is 0 Å². The first-order valence-electron chi connectivity index (χ1n) is 7.58. The molecule has 0 saturated heterocycles. The fraction of sp³-hybridized carbons (Fsp3) is 0.600. The van der Waals surface area contributed by atoms with Crippen LogP contribution in [0.4, 0.5) is 5.82 Å². The van der Waals surface area contributed by atoms with Gasteiger partial charge in [0.05, 0.1) is 5.39 Å². The first-order chi connectivity index (χ1) is 10.2. The van der Waals surface area contributed by atoms with Gasteiger partial charge in [-0.25, -0.2) is 15.8 Å². The van der Waals surface area contributed by atoms with Gasteiger partial charge in [-0.3, -0.25) is 0 Å². The minimum Gasteiger partial charge on any atom is -0.367 e. The molecule has 2 aromatic heterocycles. The molecule has 0 atom stereocenters. The number of rotatable bonds is 4. The van der Waals surface area contributed by atoms with Gasteiger partial charge in [-0.15, -0.1) is 11.3 Å². The van der Waals surface area contributed by atoms with E-state index in [0.29, 0.717) is 12.4 Å². The van der Waals surface area contributed by atoms with Crippen LogP contribution in [-0.2, 0) is 10.3 Å². The summed E-state index contributed by atoms with van der Waals surface area (Å²) in [4.78, 5) is 11.7. The maximum absolute atomic E-state index is 6.12. The van der Waals surface area contributed by atoms with Crippen molar-refractivity contribution >= 4 is 27.4 Å². The number of hydrogen-bond donors (Lipinski definition) is 2. The summed E-state index contributed by atoms with van der Waals surface area (Å²) < 4.78 is 6.12. The molecule has 3 rings (SSSR count). The monoisotopic (exact) mass is 306 g/mol. The van der Waals surface area contributed by atoms with Crippen molar-refractivity contribution in [2.24, 2.45) is 5.84 Å². The smallest absolute Gasteiger partial charge is 0.164 e. The third-order valence-electron chi connectivity index (χ3n) is 4.14. The van der Waals surface area contributed by atoms with E-state index >= 15 is 0 Å². The van der Waals surface area contributed by atoms with Crippen molar-refractivity contribution in [1.82, 2.24) is 9.97 Å². The Hall–Kier alpha value is -1.24. The Morgan fingerprint density at radius 2 is 2.10 bits per heavy atom. The number of nitrogens with zero attached hydrogens (tertiary/aromatic N) is 2. The highest BCUT2D eigenvalue weighted by molar-refractivity contribution is 7.18. The molecule has 1 fully saturated rings. The average Bonchev–Trinajstić information content (AvgIpc) is 2.87. The van der Waals surface area contributed by atoms with Crippen LogP contribution in [-0.4, -0.2) is 16.6 Å². The van der Waals surface area contributed by atoms with Crippen LogP contribution in [0.25, 0.3) is 10.2 Å². The van der Waals surface area contributed by atoms with Gasteiger partial charge in [0.1, 0.15) is 10.4 Å². The van der Waals surface area contributed by atoms with E-state index in [-0.39, 0.29) is 5.60 Å². The lowest BCUT2D eigenvalue weighted by molar-refractivity contribution is -0.0763. The second-order valence-corrected chi connectivity index (χ2v) is 6.84. The zero-order valence-electron chi connectivity index (χ0n) is 12.6. The Balaban J connectivity index is 2.12. The second kappa shape index (κ2) is 5.87. The van der Waals surface area contributed by atoms with Gasteiger partial charge >= 0.3 is 0 Å². The van der Waals surface area contributed by atoms with E-state index < -0.39 is 0 Å². The summed E-state index contributed by atoms with van der Waals surface area (Å²) in [6.45, 7) is 4.79. The summed E-state index contributed by atoms with van der Waals surface area (Å²) in [5.74, 6) is 7.15. The largest absolute Gasteiger partial charge is 0.367 e. The Morgan fingerprint density at radius 1 is 1.33 bits per heavy atom. The van der Waals surface area contributed by atoms with E-state index in [1.54, 1.807) is 11.3 Å². The second-order valence-electron chi connectivity index (χ2n) is 5.60. The fourth-order valence-electron chi connectivity index (χ4n) is 3.19. The van der Waals surface area contributed by atoms with Gasteiger partial charge in [-0.05, 0) is 32.8 Å². The van der Waals surface area contributed by atoms with Crippen LogP contribution in [0.2, 0.25) is 0 Å².